The number of pyridine rings is 1. The van der Waals surface area contributed by atoms with E-state index in [2.05, 4.69) is 4.98 Å². The second kappa shape index (κ2) is 3.03. The van der Waals surface area contributed by atoms with Gasteiger partial charge in [0.15, 0.2) is 6.29 Å². The van der Waals surface area contributed by atoms with Crippen molar-refractivity contribution in [1.29, 1.82) is 0 Å². The zero-order valence-corrected chi connectivity index (χ0v) is 7.11. The molecule has 12 heavy (non-hydrogen) atoms. The van der Waals surface area contributed by atoms with Crippen LogP contribution in [0.25, 0.3) is 0 Å². The summed E-state index contributed by atoms with van der Waals surface area (Å²) in [6.45, 7) is 3.30. The summed E-state index contributed by atoms with van der Waals surface area (Å²) >= 11 is 0. The summed E-state index contributed by atoms with van der Waals surface area (Å²) in [5, 5.41) is 9.55. The topological polar surface area (TPSA) is 50.2 Å². The molecule has 0 atom stereocenters. The molecular weight excluding hydrogens is 154 g/mol. The number of carbonyl (C=O) groups excluding carboxylic acids is 1. The van der Waals surface area contributed by atoms with E-state index in [0.29, 0.717) is 17.4 Å². The average Bonchev–Trinajstić information content (AvgIpc) is 2.03. The predicted molar refractivity (Wildman–Crippen MR) is 44.9 cm³/mol. The first-order valence-corrected chi connectivity index (χ1v) is 3.67. The number of hydrogen-bond donors (Lipinski definition) is 1. The van der Waals surface area contributed by atoms with Gasteiger partial charge in [-0.1, -0.05) is 0 Å². The third kappa shape index (κ3) is 1.89. The maximum atomic E-state index is 10.4. The van der Waals surface area contributed by atoms with Crippen LogP contribution < -0.4 is 0 Å². The van der Waals surface area contributed by atoms with Gasteiger partial charge in [-0.25, -0.2) is 0 Å². The minimum atomic E-state index is -0.938. The molecule has 1 aromatic rings. The van der Waals surface area contributed by atoms with Gasteiger partial charge in [-0.15, -0.1) is 0 Å². The van der Waals surface area contributed by atoms with Gasteiger partial charge in [-0.05, 0) is 19.9 Å². The van der Waals surface area contributed by atoms with Crippen molar-refractivity contribution >= 4 is 6.29 Å². The Bertz CT molecular complexity index is 289. The molecule has 0 aromatic carbocycles. The SMILES string of the molecule is CC(C)(O)c1cncc(C=O)c1. The highest BCUT2D eigenvalue weighted by atomic mass is 16.3. The van der Waals surface area contributed by atoms with Crippen molar-refractivity contribution in [2.75, 3.05) is 0 Å². The van der Waals surface area contributed by atoms with Crippen molar-refractivity contribution < 1.29 is 9.90 Å². The molecule has 3 heteroatoms. The normalized spacial score (nSPS) is 11.2. The molecule has 1 heterocycles. The second-order valence-corrected chi connectivity index (χ2v) is 3.18. The molecule has 0 bridgehead atoms. The maximum absolute atomic E-state index is 10.4. The lowest BCUT2D eigenvalue weighted by Gasteiger charge is -2.16. The van der Waals surface area contributed by atoms with E-state index in [1.165, 1.54) is 6.20 Å². The van der Waals surface area contributed by atoms with Crippen molar-refractivity contribution in [3.05, 3.63) is 29.6 Å². The molecule has 0 spiro atoms. The first-order valence-electron chi connectivity index (χ1n) is 3.67. The Kier molecular flexibility index (Phi) is 2.24. The van der Waals surface area contributed by atoms with E-state index in [0.717, 1.165) is 0 Å². The van der Waals surface area contributed by atoms with Gasteiger partial charge < -0.3 is 5.11 Å². The molecule has 1 N–H and O–H groups in total. The molecule has 0 saturated heterocycles. The lowest BCUT2D eigenvalue weighted by atomic mass is 9.99. The Labute approximate surface area is 71.1 Å². The largest absolute Gasteiger partial charge is 0.386 e. The van der Waals surface area contributed by atoms with Crippen LogP contribution in [0, 0.1) is 0 Å². The van der Waals surface area contributed by atoms with E-state index in [-0.39, 0.29) is 0 Å². The fraction of sp³-hybridized carbons (Fsp3) is 0.333. The summed E-state index contributed by atoms with van der Waals surface area (Å²) < 4.78 is 0. The molecule has 64 valence electrons. The van der Waals surface area contributed by atoms with Crippen molar-refractivity contribution in [1.82, 2.24) is 4.98 Å². The molecule has 0 saturated carbocycles. The highest BCUT2D eigenvalue weighted by molar-refractivity contribution is 5.74. The Morgan fingerprint density at radius 1 is 1.50 bits per heavy atom. The Morgan fingerprint density at radius 2 is 2.17 bits per heavy atom. The lowest BCUT2D eigenvalue weighted by Crippen LogP contribution is -2.15. The Morgan fingerprint density at radius 3 is 2.67 bits per heavy atom. The Balaban J connectivity index is 3.10. The smallest absolute Gasteiger partial charge is 0.151 e. The first kappa shape index (κ1) is 8.87. The van der Waals surface area contributed by atoms with E-state index in [1.807, 2.05) is 0 Å². The maximum Gasteiger partial charge on any atom is 0.151 e. The number of aldehydes is 1. The molecular formula is C9H11NO2. The van der Waals surface area contributed by atoms with E-state index < -0.39 is 5.60 Å². The quantitative estimate of drug-likeness (QED) is 0.668. The molecule has 0 aliphatic heterocycles. The number of carbonyl (C=O) groups is 1. The van der Waals surface area contributed by atoms with Gasteiger partial charge in [-0.3, -0.25) is 9.78 Å². The molecule has 0 unspecified atom stereocenters. The summed E-state index contributed by atoms with van der Waals surface area (Å²) in [7, 11) is 0. The van der Waals surface area contributed by atoms with Gasteiger partial charge in [0.2, 0.25) is 0 Å². The van der Waals surface area contributed by atoms with Gasteiger partial charge in [0.1, 0.15) is 0 Å². The zero-order chi connectivity index (χ0) is 9.19. The highest BCUT2D eigenvalue weighted by Gasteiger charge is 2.16. The summed E-state index contributed by atoms with van der Waals surface area (Å²) in [5.41, 5.74) is 0.188. The molecule has 0 amide bonds. The zero-order valence-electron chi connectivity index (χ0n) is 7.11. The fourth-order valence-corrected chi connectivity index (χ4v) is 0.857. The Hall–Kier alpha value is -1.22. The van der Waals surface area contributed by atoms with Gasteiger partial charge in [-0.2, -0.15) is 0 Å². The summed E-state index contributed by atoms with van der Waals surface area (Å²) in [5.74, 6) is 0. The van der Waals surface area contributed by atoms with E-state index in [1.54, 1.807) is 26.1 Å². The molecule has 0 radical (unpaired) electrons. The number of nitrogens with zero attached hydrogens (tertiary/aromatic N) is 1. The number of aromatic nitrogens is 1. The molecule has 0 aliphatic carbocycles. The van der Waals surface area contributed by atoms with Crippen LogP contribution in [-0.2, 0) is 5.60 Å². The van der Waals surface area contributed by atoms with Gasteiger partial charge in [0, 0.05) is 23.5 Å². The second-order valence-electron chi connectivity index (χ2n) is 3.18. The minimum Gasteiger partial charge on any atom is -0.386 e. The van der Waals surface area contributed by atoms with Crippen molar-refractivity contribution in [3.63, 3.8) is 0 Å². The first-order chi connectivity index (χ1) is 5.54. The van der Waals surface area contributed by atoms with Gasteiger partial charge >= 0.3 is 0 Å². The van der Waals surface area contributed by atoms with Crippen molar-refractivity contribution in [3.8, 4) is 0 Å². The molecule has 0 fully saturated rings. The van der Waals surface area contributed by atoms with Crippen molar-refractivity contribution in [2.45, 2.75) is 19.4 Å². The van der Waals surface area contributed by atoms with Crippen LogP contribution in [0.5, 0.6) is 0 Å². The summed E-state index contributed by atoms with van der Waals surface area (Å²) in [6, 6.07) is 1.62. The molecule has 3 nitrogen and oxygen atoms in total. The van der Waals surface area contributed by atoms with Gasteiger partial charge in [0.05, 0.1) is 5.60 Å². The van der Waals surface area contributed by atoms with Crippen LogP contribution in [0.15, 0.2) is 18.5 Å². The van der Waals surface area contributed by atoms with Crippen molar-refractivity contribution in [2.24, 2.45) is 0 Å². The third-order valence-corrected chi connectivity index (χ3v) is 1.60. The number of hydrogen-bond acceptors (Lipinski definition) is 3. The lowest BCUT2D eigenvalue weighted by molar-refractivity contribution is 0.0781. The number of rotatable bonds is 2. The molecule has 1 rings (SSSR count). The third-order valence-electron chi connectivity index (χ3n) is 1.60. The predicted octanol–water partition coefficient (Wildman–Crippen LogP) is 1.12. The average molecular weight is 165 g/mol. The summed E-state index contributed by atoms with van der Waals surface area (Å²) in [4.78, 5) is 14.2. The fourth-order valence-electron chi connectivity index (χ4n) is 0.857. The van der Waals surface area contributed by atoms with E-state index in [9.17, 15) is 9.90 Å². The standard InChI is InChI=1S/C9H11NO2/c1-9(2,12)8-3-7(6-11)4-10-5-8/h3-6,12H,1-2H3. The molecule has 0 aliphatic rings. The highest BCUT2D eigenvalue weighted by Crippen LogP contribution is 2.18. The van der Waals surface area contributed by atoms with Gasteiger partial charge in [0.25, 0.3) is 0 Å². The number of aliphatic hydroxyl groups is 1. The summed E-state index contributed by atoms with van der Waals surface area (Å²) in [6.07, 6.45) is 3.72. The molecule has 1 aromatic heterocycles. The van der Waals surface area contributed by atoms with Crippen LogP contribution in [-0.4, -0.2) is 16.4 Å². The minimum absolute atomic E-state index is 0.481. The van der Waals surface area contributed by atoms with Crippen LogP contribution in [0.4, 0.5) is 0 Å². The monoisotopic (exact) mass is 165 g/mol. The van der Waals surface area contributed by atoms with E-state index in [4.69, 9.17) is 0 Å². The van der Waals surface area contributed by atoms with E-state index >= 15 is 0 Å². The van der Waals surface area contributed by atoms with Crippen LogP contribution in [0.3, 0.4) is 0 Å². The van der Waals surface area contributed by atoms with Crippen LogP contribution >= 0.6 is 0 Å². The van der Waals surface area contributed by atoms with Crippen LogP contribution in [0.2, 0.25) is 0 Å². The van der Waals surface area contributed by atoms with Crippen LogP contribution in [0.1, 0.15) is 29.8 Å².